The molecular weight excluding hydrogens is 328 g/mol. The number of piperidine rings is 1. The molecule has 0 atom stereocenters. The van der Waals surface area contributed by atoms with E-state index in [-0.39, 0.29) is 6.03 Å². The molecule has 1 aromatic carbocycles. The molecule has 0 unspecified atom stereocenters. The molecule has 0 bridgehead atoms. The van der Waals surface area contributed by atoms with Gasteiger partial charge in [0.1, 0.15) is 0 Å². The molecule has 138 valence electrons. The molecule has 0 aliphatic carbocycles. The summed E-state index contributed by atoms with van der Waals surface area (Å²) in [7, 11) is 0. The van der Waals surface area contributed by atoms with Gasteiger partial charge >= 0.3 is 6.03 Å². The monoisotopic (exact) mass is 354 g/mol. The molecule has 2 N–H and O–H groups in total. The minimum Gasteiger partial charge on any atom is -0.478 e. The Morgan fingerprint density at radius 1 is 1.15 bits per heavy atom. The van der Waals surface area contributed by atoms with Gasteiger partial charge in [0.15, 0.2) is 0 Å². The van der Waals surface area contributed by atoms with Gasteiger partial charge in [0.2, 0.25) is 5.88 Å². The summed E-state index contributed by atoms with van der Waals surface area (Å²) in [4.78, 5) is 18.9. The SMILES string of the molecule is CCOc1ncccc1CNC(=O)Nc1ccccc1N1CCCCC1. The van der Waals surface area contributed by atoms with E-state index < -0.39 is 0 Å². The second-order valence-corrected chi connectivity index (χ2v) is 6.27. The van der Waals surface area contributed by atoms with Gasteiger partial charge < -0.3 is 20.3 Å². The van der Waals surface area contributed by atoms with Gasteiger partial charge in [-0.15, -0.1) is 0 Å². The van der Waals surface area contributed by atoms with Crippen molar-refractivity contribution in [1.29, 1.82) is 0 Å². The van der Waals surface area contributed by atoms with E-state index in [1.165, 1.54) is 19.3 Å². The highest BCUT2D eigenvalue weighted by atomic mass is 16.5. The van der Waals surface area contributed by atoms with Crippen molar-refractivity contribution in [3.8, 4) is 5.88 Å². The summed E-state index contributed by atoms with van der Waals surface area (Å²) in [5.41, 5.74) is 2.77. The fraction of sp³-hybridized carbons (Fsp3) is 0.400. The quantitative estimate of drug-likeness (QED) is 0.828. The summed E-state index contributed by atoms with van der Waals surface area (Å²) >= 11 is 0. The first-order chi connectivity index (χ1) is 12.8. The van der Waals surface area contributed by atoms with Crippen molar-refractivity contribution in [2.24, 2.45) is 0 Å². The molecule has 2 heterocycles. The number of urea groups is 1. The number of nitrogens with zero attached hydrogens (tertiary/aromatic N) is 2. The third-order valence-corrected chi connectivity index (χ3v) is 4.42. The molecule has 0 saturated carbocycles. The number of carbonyl (C=O) groups excluding carboxylic acids is 1. The van der Waals surface area contributed by atoms with Crippen molar-refractivity contribution in [1.82, 2.24) is 10.3 Å². The van der Waals surface area contributed by atoms with Gasteiger partial charge in [0, 0.05) is 31.4 Å². The molecule has 0 spiro atoms. The smallest absolute Gasteiger partial charge is 0.319 e. The van der Waals surface area contributed by atoms with Crippen LogP contribution in [0.3, 0.4) is 0 Å². The van der Waals surface area contributed by atoms with Gasteiger partial charge in [-0.05, 0) is 44.4 Å². The van der Waals surface area contributed by atoms with Crippen LogP contribution >= 0.6 is 0 Å². The zero-order chi connectivity index (χ0) is 18.2. The lowest BCUT2D eigenvalue weighted by atomic mass is 10.1. The standard InChI is InChI=1S/C20H26N4O2/c1-2-26-19-16(9-8-12-21-19)15-22-20(25)23-17-10-4-5-11-18(17)24-13-6-3-7-14-24/h4-5,8-12H,2-3,6-7,13-15H2,1H3,(H2,22,23,25). The maximum Gasteiger partial charge on any atom is 0.319 e. The van der Waals surface area contributed by atoms with Gasteiger partial charge in [0.05, 0.1) is 18.0 Å². The molecule has 1 aromatic heterocycles. The number of nitrogens with one attached hydrogen (secondary N) is 2. The van der Waals surface area contributed by atoms with Crippen LogP contribution < -0.4 is 20.3 Å². The number of ether oxygens (including phenoxy) is 1. The number of anilines is 2. The Balaban J connectivity index is 1.62. The Morgan fingerprint density at radius 2 is 1.96 bits per heavy atom. The number of aromatic nitrogens is 1. The second-order valence-electron chi connectivity index (χ2n) is 6.27. The van der Waals surface area contributed by atoms with Crippen LogP contribution in [0.4, 0.5) is 16.2 Å². The summed E-state index contributed by atoms with van der Waals surface area (Å²) < 4.78 is 5.50. The zero-order valence-electron chi connectivity index (χ0n) is 15.2. The molecule has 2 aromatic rings. The van der Waals surface area contributed by atoms with E-state index in [1.54, 1.807) is 6.20 Å². The Kier molecular flexibility index (Phi) is 6.30. The molecule has 1 fully saturated rings. The molecule has 6 nitrogen and oxygen atoms in total. The van der Waals surface area contributed by atoms with Crippen molar-refractivity contribution >= 4 is 17.4 Å². The number of rotatable bonds is 6. The normalized spacial score (nSPS) is 14.0. The third kappa shape index (κ3) is 4.65. The first kappa shape index (κ1) is 18.0. The fourth-order valence-corrected chi connectivity index (χ4v) is 3.16. The van der Waals surface area contributed by atoms with Gasteiger partial charge in [-0.25, -0.2) is 9.78 Å². The van der Waals surface area contributed by atoms with E-state index in [4.69, 9.17) is 4.74 Å². The second kappa shape index (κ2) is 9.08. The number of hydrogen-bond donors (Lipinski definition) is 2. The van der Waals surface area contributed by atoms with Crippen molar-refractivity contribution in [3.05, 3.63) is 48.2 Å². The average Bonchev–Trinajstić information content (AvgIpc) is 2.69. The molecule has 26 heavy (non-hydrogen) atoms. The van der Waals surface area contributed by atoms with E-state index in [0.29, 0.717) is 19.0 Å². The van der Waals surface area contributed by atoms with E-state index in [2.05, 4.69) is 26.6 Å². The Morgan fingerprint density at radius 3 is 2.77 bits per heavy atom. The van der Waals surface area contributed by atoms with Crippen LogP contribution in [0.1, 0.15) is 31.7 Å². The summed E-state index contributed by atoms with van der Waals surface area (Å²) in [5.74, 6) is 0.559. The number of amides is 2. The van der Waals surface area contributed by atoms with E-state index in [9.17, 15) is 4.79 Å². The molecule has 1 aliphatic heterocycles. The summed E-state index contributed by atoms with van der Waals surface area (Å²) in [6.45, 7) is 4.89. The van der Waals surface area contributed by atoms with Crippen LogP contribution in [0.25, 0.3) is 0 Å². The molecular formula is C20H26N4O2. The predicted molar refractivity (Wildman–Crippen MR) is 104 cm³/mol. The van der Waals surface area contributed by atoms with Crippen LogP contribution in [0.15, 0.2) is 42.6 Å². The summed E-state index contributed by atoms with van der Waals surface area (Å²) in [6, 6.07) is 11.5. The molecule has 1 aliphatic rings. The van der Waals surface area contributed by atoms with Crippen LogP contribution in [-0.4, -0.2) is 30.7 Å². The van der Waals surface area contributed by atoms with Crippen molar-refractivity contribution in [2.75, 3.05) is 29.9 Å². The van der Waals surface area contributed by atoms with Crippen LogP contribution in [-0.2, 0) is 6.54 Å². The highest BCUT2D eigenvalue weighted by molar-refractivity contribution is 5.93. The summed E-state index contributed by atoms with van der Waals surface area (Å²) in [5, 5.41) is 5.86. The minimum absolute atomic E-state index is 0.235. The predicted octanol–water partition coefficient (Wildman–Crippen LogP) is 3.79. The van der Waals surface area contributed by atoms with Gasteiger partial charge in [0.25, 0.3) is 0 Å². The first-order valence-electron chi connectivity index (χ1n) is 9.23. The number of para-hydroxylation sites is 2. The lowest BCUT2D eigenvalue weighted by Crippen LogP contribution is -2.32. The van der Waals surface area contributed by atoms with E-state index in [1.807, 2.05) is 37.3 Å². The Bertz CT molecular complexity index is 729. The topological polar surface area (TPSA) is 66.5 Å². The number of pyridine rings is 1. The van der Waals surface area contributed by atoms with Gasteiger partial charge in [-0.1, -0.05) is 18.2 Å². The van der Waals surface area contributed by atoms with Crippen molar-refractivity contribution in [3.63, 3.8) is 0 Å². The fourth-order valence-electron chi connectivity index (χ4n) is 3.16. The first-order valence-corrected chi connectivity index (χ1v) is 9.23. The number of carbonyl (C=O) groups is 1. The zero-order valence-corrected chi connectivity index (χ0v) is 15.2. The third-order valence-electron chi connectivity index (χ3n) is 4.42. The maximum atomic E-state index is 12.4. The lowest BCUT2D eigenvalue weighted by Gasteiger charge is -2.30. The van der Waals surface area contributed by atoms with E-state index >= 15 is 0 Å². The summed E-state index contributed by atoms with van der Waals surface area (Å²) in [6.07, 6.45) is 5.35. The van der Waals surface area contributed by atoms with Crippen molar-refractivity contribution in [2.45, 2.75) is 32.7 Å². The highest BCUT2D eigenvalue weighted by Gasteiger charge is 2.15. The van der Waals surface area contributed by atoms with Crippen molar-refractivity contribution < 1.29 is 9.53 Å². The van der Waals surface area contributed by atoms with Crippen LogP contribution in [0.2, 0.25) is 0 Å². The minimum atomic E-state index is -0.235. The maximum absolute atomic E-state index is 12.4. The molecule has 3 rings (SSSR count). The lowest BCUT2D eigenvalue weighted by molar-refractivity contribution is 0.251. The van der Waals surface area contributed by atoms with Gasteiger partial charge in [-0.2, -0.15) is 0 Å². The van der Waals surface area contributed by atoms with E-state index in [0.717, 1.165) is 30.0 Å². The Labute approximate surface area is 154 Å². The number of hydrogen-bond acceptors (Lipinski definition) is 4. The molecule has 0 radical (unpaired) electrons. The van der Waals surface area contributed by atoms with Crippen LogP contribution in [0.5, 0.6) is 5.88 Å². The molecule has 1 saturated heterocycles. The number of benzene rings is 1. The van der Waals surface area contributed by atoms with Gasteiger partial charge in [-0.3, -0.25) is 0 Å². The largest absolute Gasteiger partial charge is 0.478 e. The molecule has 2 amide bonds. The van der Waals surface area contributed by atoms with Crippen LogP contribution in [0, 0.1) is 0 Å². The highest BCUT2D eigenvalue weighted by Crippen LogP contribution is 2.28. The molecule has 6 heteroatoms. The Hall–Kier alpha value is -2.76. The average molecular weight is 354 g/mol.